The highest BCUT2D eigenvalue weighted by molar-refractivity contribution is 6.36. The Balaban J connectivity index is 1.54. The quantitative estimate of drug-likeness (QED) is 0.400. The van der Waals surface area contributed by atoms with Gasteiger partial charge in [-0.2, -0.15) is 0 Å². The highest BCUT2D eigenvalue weighted by Crippen LogP contribution is 2.35. The molecule has 1 aliphatic heterocycles. The van der Waals surface area contributed by atoms with Gasteiger partial charge in [-0.1, -0.05) is 42.5 Å². The largest absolute Gasteiger partial charge is 0.457 e. The third-order valence-corrected chi connectivity index (χ3v) is 4.96. The van der Waals surface area contributed by atoms with Gasteiger partial charge in [0, 0.05) is 17.1 Å². The van der Waals surface area contributed by atoms with Crippen molar-refractivity contribution in [3.63, 3.8) is 0 Å². The molecule has 0 aromatic heterocycles. The van der Waals surface area contributed by atoms with E-state index in [9.17, 15) is 9.59 Å². The minimum absolute atomic E-state index is 0.323. The summed E-state index contributed by atoms with van der Waals surface area (Å²) in [5, 5.41) is 1.81. The van der Waals surface area contributed by atoms with Gasteiger partial charge in [0.2, 0.25) is 0 Å². The van der Waals surface area contributed by atoms with Gasteiger partial charge in [-0.15, -0.1) is 0 Å². The number of nitrogen functional groups attached to an aromatic ring is 1. The molecule has 5 rings (SSSR count). The highest BCUT2D eigenvalue weighted by atomic mass is 16.5. The molecule has 4 aromatic rings. The van der Waals surface area contributed by atoms with Crippen LogP contribution in [0.3, 0.4) is 0 Å². The molecule has 2 N–H and O–H groups in total. The SMILES string of the molecule is Nc1cccc(Oc2ccc3c(c2)C(=O)N(c2cccc4ccccc24)C3=O)c1. The Morgan fingerprint density at radius 2 is 1.41 bits per heavy atom. The van der Waals surface area contributed by atoms with Gasteiger partial charge in [0.15, 0.2) is 0 Å². The van der Waals surface area contributed by atoms with Gasteiger partial charge in [-0.25, -0.2) is 4.90 Å². The lowest BCUT2D eigenvalue weighted by molar-refractivity contribution is 0.0926. The molecule has 5 nitrogen and oxygen atoms in total. The minimum atomic E-state index is -0.362. The van der Waals surface area contributed by atoms with E-state index in [1.165, 1.54) is 4.90 Å². The molecule has 0 unspecified atom stereocenters. The molecular formula is C24H16N2O3. The summed E-state index contributed by atoms with van der Waals surface area (Å²) in [5.74, 6) is 0.333. The van der Waals surface area contributed by atoms with Crippen molar-refractivity contribution in [3.05, 3.63) is 96.1 Å². The van der Waals surface area contributed by atoms with Crippen LogP contribution in [0.2, 0.25) is 0 Å². The lowest BCUT2D eigenvalue weighted by atomic mass is 10.1. The number of anilines is 2. The van der Waals surface area contributed by atoms with E-state index in [-0.39, 0.29) is 11.8 Å². The number of ether oxygens (including phenoxy) is 1. The number of imide groups is 1. The van der Waals surface area contributed by atoms with E-state index in [2.05, 4.69) is 0 Å². The van der Waals surface area contributed by atoms with Crippen molar-refractivity contribution in [3.8, 4) is 11.5 Å². The Hall–Kier alpha value is -4.12. The number of carbonyl (C=O) groups is 2. The maximum Gasteiger partial charge on any atom is 0.266 e. The van der Waals surface area contributed by atoms with E-state index < -0.39 is 0 Å². The molecule has 1 heterocycles. The Morgan fingerprint density at radius 1 is 0.690 bits per heavy atom. The van der Waals surface area contributed by atoms with Crippen LogP contribution in [0, 0.1) is 0 Å². The summed E-state index contributed by atoms with van der Waals surface area (Å²) in [6.45, 7) is 0. The molecule has 140 valence electrons. The lowest BCUT2D eigenvalue weighted by Gasteiger charge is -2.16. The molecule has 0 saturated carbocycles. The first-order chi connectivity index (χ1) is 14.1. The summed E-state index contributed by atoms with van der Waals surface area (Å²) in [5.41, 5.74) is 7.63. The van der Waals surface area contributed by atoms with Gasteiger partial charge in [0.25, 0.3) is 11.8 Å². The van der Waals surface area contributed by atoms with Crippen LogP contribution in [0.4, 0.5) is 11.4 Å². The van der Waals surface area contributed by atoms with E-state index >= 15 is 0 Å². The van der Waals surface area contributed by atoms with Crippen molar-refractivity contribution < 1.29 is 14.3 Å². The van der Waals surface area contributed by atoms with Gasteiger partial charge >= 0.3 is 0 Å². The number of fused-ring (bicyclic) bond motifs is 2. The topological polar surface area (TPSA) is 72.6 Å². The molecule has 0 spiro atoms. The normalized spacial score (nSPS) is 13.0. The Labute approximate surface area is 166 Å². The summed E-state index contributed by atoms with van der Waals surface area (Å²) in [4.78, 5) is 27.4. The summed E-state index contributed by atoms with van der Waals surface area (Å²) in [7, 11) is 0. The number of amides is 2. The molecule has 1 aliphatic rings. The van der Waals surface area contributed by atoms with E-state index in [1.807, 2.05) is 36.4 Å². The average molecular weight is 380 g/mol. The second kappa shape index (κ2) is 6.49. The van der Waals surface area contributed by atoms with Crippen molar-refractivity contribution in [2.24, 2.45) is 0 Å². The molecule has 0 saturated heterocycles. The van der Waals surface area contributed by atoms with Crippen molar-refractivity contribution in [1.29, 1.82) is 0 Å². The van der Waals surface area contributed by atoms with Crippen LogP contribution in [0.5, 0.6) is 11.5 Å². The summed E-state index contributed by atoms with van der Waals surface area (Å²) < 4.78 is 5.82. The monoisotopic (exact) mass is 380 g/mol. The first kappa shape index (κ1) is 17.0. The maximum atomic E-state index is 13.1. The Kier molecular flexibility index (Phi) is 3.81. The van der Waals surface area contributed by atoms with Gasteiger partial charge in [0.1, 0.15) is 11.5 Å². The number of nitrogens with two attached hydrogens (primary N) is 1. The third-order valence-electron chi connectivity index (χ3n) is 4.96. The fourth-order valence-corrected chi connectivity index (χ4v) is 3.62. The van der Waals surface area contributed by atoms with Crippen molar-refractivity contribution in [1.82, 2.24) is 0 Å². The zero-order valence-corrected chi connectivity index (χ0v) is 15.3. The zero-order chi connectivity index (χ0) is 20.0. The molecule has 4 aromatic carbocycles. The fourth-order valence-electron chi connectivity index (χ4n) is 3.62. The molecule has 0 radical (unpaired) electrons. The second-order valence-corrected chi connectivity index (χ2v) is 6.83. The molecule has 29 heavy (non-hydrogen) atoms. The van der Waals surface area contributed by atoms with Crippen LogP contribution >= 0.6 is 0 Å². The van der Waals surface area contributed by atoms with Crippen molar-refractivity contribution in [2.75, 3.05) is 10.6 Å². The van der Waals surface area contributed by atoms with E-state index in [0.29, 0.717) is 34.0 Å². The van der Waals surface area contributed by atoms with E-state index in [1.54, 1.807) is 48.5 Å². The van der Waals surface area contributed by atoms with Crippen molar-refractivity contribution in [2.45, 2.75) is 0 Å². The smallest absolute Gasteiger partial charge is 0.266 e. The standard InChI is InChI=1S/C24H16N2O3/c25-16-7-4-8-17(13-16)29-18-11-12-20-21(14-18)24(28)26(23(20)27)22-10-3-6-15-5-1-2-9-19(15)22/h1-14H,25H2. The first-order valence-electron chi connectivity index (χ1n) is 9.16. The van der Waals surface area contributed by atoms with Crippen LogP contribution in [0.15, 0.2) is 84.9 Å². The minimum Gasteiger partial charge on any atom is -0.457 e. The van der Waals surface area contributed by atoms with Gasteiger partial charge < -0.3 is 10.5 Å². The van der Waals surface area contributed by atoms with Crippen LogP contribution < -0.4 is 15.4 Å². The van der Waals surface area contributed by atoms with Gasteiger partial charge in [-0.3, -0.25) is 9.59 Å². The van der Waals surface area contributed by atoms with Crippen LogP contribution in [0.1, 0.15) is 20.7 Å². The molecule has 0 fully saturated rings. The second-order valence-electron chi connectivity index (χ2n) is 6.83. The number of nitrogens with zero attached hydrogens (tertiary/aromatic N) is 1. The lowest BCUT2D eigenvalue weighted by Crippen LogP contribution is -2.29. The fraction of sp³-hybridized carbons (Fsp3) is 0. The van der Waals surface area contributed by atoms with Crippen LogP contribution in [0.25, 0.3) is 10.8 Å². The predicted molar refractivity (Wildman–Crippen MR) is 112 cm³/mol. The first-order valence-corrected chi connectivity index (χ1v) is 9.16. The summed E-state index contributed by atoms with van der Waals surface area (Å²) in [6.07, 6.45) is 0. The van der Waals surface area contributed by atoms with E-state index in [0.717, 1.165) is 10.8 Å². The molecule has 0 bridgehead atoms. The van der Waals surface area contributed by atoms with Crippen molar-refractivity contribution >= 4 is 34.0 Å². The molecular weight excluding hydrogens is 364 g/mol. The molecule has 5 heteroatoms. The summed E-state index contributed by atoms with van der Waals surface area (Å²) >= 11 is 0. The Bertz CT molecular complexity index is 1290. The highest BCUT2D eigenvalue weighted by Gasteiger charge is 2.37. The average Bonchev–Trinajstić information content (AvgIpc) is 2.97. The predicted octanol–water partition coefficient (Wildman–Crippen LogP) is 5.01. The number of rotatable bonds is 3. The maximum absolute atomic E-state index is 13.1. The number of hydrogen-bond donors (Lipinski definition) is 1. The van der Waals surface area contributed by atoms with Gasteiger partial charge in [0.05, 0.1) is 16.8 Å². The summed E-state index contributed by atoms with van der Waals surface area (Å²) in [6, 6.07) is 25.2. The number of carbonyl (C=O) groups excluding carboxylic acids is 2. The molecule has 2 amide bonds. The Morgan fingerprint density at radius 3 is 2.28 bits per heavy atom. The zero-order valence-electron chi connectivity index (χ0n) is 15.3. The van der Waals surface area contributed by atoms with Gasteiger partial charge in [-0.05, 0) is 41.8 Å². The number of benzene rings is 4. The van der Waals surface area contributed by atoms with Crippen LogP contribution in [-0.4, -0.2) is 11.8 Å². The van der Waals surface area contributed by atoms with Crippen LogP contribution in [-0.2, 0) is 0 Å². The number of hydrogen-bond acceptors (Lipinski definition) is 4. The van der Waals surface area contributed by atoms with E-state index in [4.69, 9.17) is 10.5 Å². The molecule has 0 aliphatic carbocycles. The third kappa shape index (κ3) is 2.80. The molecule has 0 atom stereocenters.